The van der Waals surface area contributed by atoms with Gasteiger partial charge in [0.05, 0.1) is 5.57 Å². The van der Waals surface area contributed by atoms with Crippen LogP contribution in [-0.4, -0.2) is 27.0 Å². The highest BCUT2D eigenvalue weighted by Crippen LogP contribution is 2.45. The number of aryl methyl sites for hydroxylation is 2. The van der Waals surface area contributed by atoms with Crippen molar-refractivity contribution in [2.45, 2.75) is 30.0 Å². The third-order valence-corrected chi connectivity index (χ3v) is 9.49. The number of thiophene rings is 1. The molecule has 1 N–H and O–H groups in total. The van der Waals surface area contributed by atoms with Crippen LogP contribution in [0.2, 0.25) is 10.0 Å². The Balaban J connectivity index is 1.52. The number of rotatable bonds is 6. The number of aliphatic hydroxyl groups is 1. The van der Waals surface area contributed by atoms with Crippen LogP contribution in [0.25, 0.3) is 5.76 Å². The lowest BCUT2D eigenvalue weighted by molar-refractivity contribution is -0.132. The van der Waals surface area contributed by atoms with E-state index in [2.05, 4.69) is 10.2 Å². The minimum absolute atomic E-state index is 0.0403. The van der Waals surface area contributed by atoms with E-state index in [1.165, 1.54) is 39.3 Å². The fourth-order valence-corrected chi connectivity index (χ4v) is 7.27. The van der Waals surface area contributed by atoms with Crippen LogP contribution in [0, 0.1) is 13.8 Å². The van der Waals surface area contributed by atoms with Crippen molar-refractivity contribution < 1.29 is 14.7 Å². The van der Waals surface area contributed by atoms with Gasteiger partial charge >= 0.3 is 5.91 Å². The average molecular weight is 589 g/mol. The van der Waals surface area contributed by atoms with Gasteiger partial charge in [0.25, 0.3) is 5.78 Å². The summed E-state index contributed by atoms with van der Waals surface area (Å²) in [4.78, 5) is 28.7. The molecule has 2 aromatic heterocycles. The van der Waals surface area contributed by atoms with Crippen molar-refractivity contribution in [2.24, 2.45) is 0 Å². The van der Waals surface area contributed by atoms with Crippen molar-refractivity contribution in [2.75, 3.05) is 4.90 Å². The molecular formula is C26H19Cl2N3O3S3. The minimum Gasteiger partial charge on any atom is -0.507 e. The molecule has 0 aliphatic carbocycles. The third-order valence-electron chi connectivity index (χ3n) is 5.87. The summed E-state index contributed by atoms with van der Waals surface area (Å²) in [6.07, 6.45) is 0. The maximum absolute atomic E-state index is 13.3. The number of hydrogen-bond donors (Lipinski definition) is 1. The molecule has 1 saturated heterocycles. The predicted molar refractivity (Wildman–Crippen MR) is 151 cm³/mol. The van der Waals surface area contributed by atoms with Gasteiger partial charge in [-0.2, -0.15) is 0 Å². The summed E-state index contributed by atoms with van der Waals surface area (Å²) in [5, 5.41) is 23.1. The van der Waals surface area contributed by atoms with Crippen LogP contribution < -0.4 is 4.90 Å². The fraction of sp³-hybridized carbons (Fsp3) is 0.154. The molecule has 1 amide bonds. The molecule has 4 aromatic rings. The van der Waals surface area contributed by atoms with Crippen molar-refractivity contribution in [1.82, 2.24) is 10.2 Å². The Morgan fingerprint density at radius 2 is 1.92 bits per heavy atom. The second-order valence-corrected chi connectivity index (χ2v) is 12.4. The van der Waals surface area contributed by atoms with Crippen molar-refractivity contribution in [3.8, 4) is 0 Å². The quantitative estimate of drug-likeness (QED) is 0.0829. The standard InChI is InChI=1S/C26H19Cl2N3O3S3/c1-13-5-6-14(2)17(10-13)22(32)20-21(19-4-3-9-35-19)31(24(34)23(20)33)25-29-30-26(37-25)36-12-15-7-8-16(27)11-18(15)28/h3-11,21,32H,12H2,1-2H3. The Labute approximate surface area is 235 Å². The number of aliphatic hydroxyl groups excluding tert-OH is 1. The highest BCUT2D eigenvalue weighted by molar-refractivity contribution is 8.00. The number of carbonyl (C=O) groups is 2. The lowest BCUT2D eigenvalue weighted by Gasteiger charge is -2.21. The number of benzene rings is 2. The molecule has 5 rings (SSSR count). The normalized spacial score (nSPS) is 17.1. The molecule has 1 aliphatic rings. The van der Waals surface area contributed by atoms with Crippen LogP contribution >= 0.6 is 57.6 Å². The number of ketones is 1. The number of carbonyl (C=O) groups excluding carboxylic acids is 2. The lowest BCUT2D eigenvalue weighted by Crippen LogP contribution is -2.29. The van der Waals surface area contributed by atoms with E-state index >= 15 is 0 Å². The first-order chi connectivity index (χ1) is 17.7. The Kier molecular flexibility index (Phi) is 7.42. The van der Waals surface area contributed by atoms with Crippen LogP contribution in [0.1, 0.15) is 33.2 Å². The van der Waals surface area contributed by atoms with E-state index in [1.54, 1.807) is 12.1 Å². The zero-order chi connectivity index (χ0) is 26.3. The molecule has 1 unspecified atom stereocenters. The first-order valence-corrected chi connectivity index (χ1v) is 14.5. The molecule has 188 valence electrons. The Morgan fingerprint density at radius 1 is 1.11 bits per heavy atom. The number of amides is 1. The lowest BCUT2D eigenvalue weighted by atomic mass is 9.96. The van der Waals surface area contributed by atoms with Crippen LogP contribution in [0.4, 0.5) is 5.13 Å². The zero-order valence-corrected chi connectivity index (χ0v) is 23.5. The highest BCUT2D eigenvalue weighted by Gasteiger charge is 2.49. The van der Waals surface area contributed by atoms with Crippen molar-refractivity contribution >= 4 is 80.2 Å². The summed E-state index contributed by atoms with van der Waals surface area (Å²) >= 11 is 16.3. The SMILES string of the molecule is Cc1ccc(C)c(C(O)=C2C(=O)C(=O)N(c3nnc(SCc4ccc(Cl)cc4Cl)s3)C2c2cccs2)c1. The Bertz CT molecular complexity index is 1550. The molecular weight excluding hydrogens is 569 g/mol. The summed E-state index contributed by atoms with van der Waals surface area (Å²) in [7, 11) is 0. The van der Waals surface area contributed by atoms with Crippen molar-refractivity contribution in [1.29, 1.82) is 0 Å². The van der Waals surface area contributed by atoms with E-state index in [9.17, 15) is 14.7 Å². The maximum atomic E-state index is 13.3. The third kappa shape index (κ3) is 5.06. The number of aromatic nitrogens is 2. The van der Waals surface area contributed by atoms with Crippen LogP contribution in [-0.2, 0) is 15.3 Å². The van der Waals surface area contributed by atoms with E-state index < -0.39 is 17.7 Å². The molecule has 2 aromatic carbocycles. The molecule has 0 bridgehead atoms. The molecule has 1 fully saturated rings. The van der Waals surface area contributed by atoms with Crippen molar-refractivity contribution in [3.05, 3.63) is 96.7 Å². The maximum Gasteiger partial charge on any atom is 0.301 e. The molecule has 6 nitrogen and oxygen atoms in total. The van der Waals surface area contributed by atoms with E-state index in [1.807, 2.05) is 55.6 Å². The minimum atomic E-state index is -0.809. The monoisotopic (exact) mass is 587 g/mol. The summed E-state index contributed by atoms with van der Waals surface area (Å²) in [5.74, 6) is -1.17. The largest absolute Gasteiger partial charge is 0.507 e. The van der Waals surface area contributed by atoms with Gasteiger partial charge in [0, 0.05) is 26.2 Å². The van der Waals surface area contributed by atoms with Gasteiger partial charge in [-0.05, 0) is 54.6 Å². The molecule has 1 atom stereocenters. The van der Waals surface area contributed by atoms with Crippen LogP contribution in [0.5, 0.6) is 0 Å². The molecule has 11 heteroatoms. The van der Waals surface area contributed by atoms with Gasteiger partial charge in [-0.1, -0.05) is 76.1 Å². The molecule has 0 radical (unpaired) electrons. The number of anilines is 1. The molecule has 37 heavy (non-hydrogen) atoms. The summed E-state index contributed by atoms with van der Waals surface area (Å²) in [5.41, 5.74) is 3.18. The van der Waals surface area contributed by atoms with E-state index in [0.29, 0.717) is 25.7 Å². The molecule has 0 spiro atoms. The summed E-state index contributed by atoms with van der Waals surface area (Å²) in [6, 6.07) is 13.8. The average Bonchev–Trinajstić information content (AvgIpc) is 3.60. The molecule has 3 heterocycles. The first kappa shape index (κ1) is 25.9. The van der Waals surface area contributed by atoms with Crippen LogP contribution in [0.15, 0.2) is 63.8 Å². The van der Waals surface area contributed by atoms with Crippen molar-refractivity contribution in [3.63, 3.8) is 0 Å². The van der Waals surface area contributed by atoms with Gasteiger partial charge in [0.2, 0.25) is 5.13 Å². The Hall–Kier alpha value is -2.69. The highest BCUT2D eigenvalue weighted by atomic mass is 35.5. The van der Waals surface area contributed by atoms with Gasteiger partial charge in [0.15, 0.2) is 4.34 Å². The number of hydrogen-bond acceptors (Lipinski definition) is 8. The van der Waals surface area contributed by atoms with Gasteiger partial charge < -0.3 is 5.11 Å². The number of nitrogens with zero attached hydrogens (tertiary/aromatic N) is 3. The first-order valence-electron chi connectivity index (χ1n) is 11.1. The smallest absolute Gasteiger partial charge is 0.301 e. The van der Waals surface area contributed by atoms with Gasteiger partial charge in [-0.15, -0.1) is 21.5 Å². The van der Waals surface area contributed by atoms with E-state index in [4.69, 9.17) is 23.2 Å². The summed E-state index contributed by atoms with van der Waals surface area (Å²) < 4.78 is 0.613. The number of Topliss-reactive ketones (excluding diaryl/α,β-unsaturated/α-hetero) is 1. The predicted octanol–water partition coefficient (Wildman–Crippen LogP) is 7.44. The van der Waals surface area contributed by atoms with Gasteiger partial charge in [-0.3, -0.25) is 14.5 Å². The summed E-state index contributed by atoms with van der Waals surface area (Å²) in [6.45, 7) is 3.76. The van der Waals surface area contributed by atoms with E-state index in [-0.39, 0.29) is 16.5 Å². The second kappa shape index (κ2) is 10.6. The number of halogens is 2. The molecule has 1 aliphatic heterocycles. The second-order valence-electron chi connectivity index (χ2n) is 8.38. The number of thioether (sulfide) groups is 1. The van der Waals surface area contributed by atoms with Gasteiger partial charge in [0.1, 0.15) is 11.8 Å². The topological polar surface area (TPSA) is 83.4 Å². The molecule has 0 saturated carbocycles. The van der Waals surface area contributed by atoms with Gasteiger partial charge in [-0.25, -0.2) is 0 Å². The zero-order valence-electron chi connectivity index (χ0n) is 19.6. The van der Waals surface area contributed by atoms with E-state index in [0.717, 1.165) is 21.6 Å². The van der Waals surface area contributed by atoms with Crippen LogP contribution in [0.3, 0.4) is 0 Å². The fourth-order valence-electron chi connectivity index (χ4n) is 4.02. The Morgan fingerprint density at radius 3 is 2.65 bits per heavy atom.